The van der Waals surface area contributed by atoms with Gasteiger partial charge in [0.05, 0.1) is 0 Å². The van der Waals surface area contributed by atoms with E-state index < -0.39 is 0 Å². The molecule has 2 nitrogen and oxygen atoms in total. The summed E-state index contributed by atoms with van der Waals surface area (Å²) in [5, 5.41) is 4.40. The maximum atomic E-state index is 6.28. The van der Waals surface area contributed by atoms with E-state index in [4.69, 9.17) is 16.3 Å². The van der Waals surface area contributed by atoms with Crippen LogP contribution in [0.3, 0.4) is 0 Å². The topological polar surface area (TPSA) is 21.3 Å². The third-order valence-electron chi connectivity index (χ3n) is 4.32. The van der Waals surface area contributed by atoms with E-state index in [9.17, 15) is 0 Å². The van der Waals surface area contributed by atoms with E-state index in [0.29, 0.717) is 0 Å². The van der Waals surface area contributed by atoms with Gasteiger partial charge in [0, 0.05) is 11.1 Å². The minimum absolute atomic E-state index is 0.0716. The molecular formula is C16H22ClNO. The van der Waals surface area contributed by atoms with Gasteiger partial charge >= 0.3 is 0 Å². The first-order chi connectivity index (χ1) is 9.17. The first-order valence-electron chi connectivity index (χ1n) is 7.35. The lowest BCUT2D eigenvalue weighted by Crippen LogP contribution is -2.45. The molecule has 1 aromatic carbocycles. The van der Waals surface area contributed by atoms with Gasteiger partial charge in [-0.3, -0.25) is 0 Å². The molecule has 104 valence electrons. The van der Waals surface area contributed by atoms with Gasteiger partial charge in [0.1, 0.15) is 11.4 Å². The normalized spacial score (nSPS) is 20.9. The van der Waals surface area contributed by atoms with Crippen LogP contribution in [0.4, 0.5) is 0 Å². The van der Waals surface area contributed by atoms with Crippen molar-refractivity contribution in [3.63, 3.8) is 0 Å². The molecule has 0 aliphatic heterocycles. The Morgan fingerprint density at radius 3 is 2.74 bits per heavy atom. The molecule has 0 radical (unpaired) electrons. The van der Waals surface area contributed by atoms with Crippen LogP contribution in [0.15, 0.2) is 18.2 Å². The molecule has 2 aliphatic carbocycles. The van der Waals surface area contributed by atoms with E-state index in [1.807, 2.05) is 19.1 Å². The Balaban J connectivity index is 1.59. The summed E-state index contributed by atoms with van der Waals surface area (Å²) in [6.07, 6.45) is 7.47. The van der Waals surface area contributed by atoms with Gasteiger partial charge in [-0.1, -0.05) is 11.6 Å². The number of ether oxygens (including phenoxy) is 1. The van der Waals surface area contributed by atoms with Gasteiger partial charge in [-0.15, -0.1) is 0 Å². The van der Waals surface area contributed by atoms with E-state index in [1.165, 1.54) is 32.1 Å². The van der Waals surface area contributed by atoms with Crippen LogP contribution in [0.2, 0.25) is 5.02 Å². The van der Waals surface area contributed by atoms with Crippen LogP contribution in [-0.4, -0.2) is 18.2 Å². The second-order valence-electron chi connectivity index (χ2n) is 6.03. The van der Waals surface area contributed by atoms with Gasteiger partial charge in [0.25, 0.3) is 0 Å². The van der Waals surface area contributed by atoms with Gasteiger partial charge in [-0.25, -0.2) is 0 Å². The highest BCUT2D eigenvalue weighted by molar-refractivity contribution is 6.31. The van der Waals surface area contributed by atoms with Gasteiger partial charge in [0.15, 0.2) is 0 Å². The molecule has 1 aromatic rings. The van der Waals surface area contributed by atoms with Crippen LogP contribution in [0, 0.1) is 6.92 Å². The average Bonchev–Trinajstić information content (AvgIpc) is 3.14. The molecule has 0 aromatic heterocycles. The van der Waals surface area contributed by atoms with E-state index in [2.05, 4.69) is 11.4 Å². The minimum atomic E-state index is 0.0716. The summed E-state index contributed by atoms with van der Waals surface area (Å²) in [7, 11) is 0. The summed E-state index contributed by atoms with van der Waals surface area (Å²) in [4.78, 5) is 0. The van der Waals surface area contributed by atoms with E-state index >= 15 is 0 Å². The molecule has 2 fully saturated rings. The molecular weight excluding hydrogens is 258 g/mol. The van der Waals surface area contributed by atoms with Crippen molar-refractivity contribution in [3.8, 4) is 5.75 Å². The molecule has 2 saturated carbocycles. The Kier molecular flexibility index (Phi) is 3.72. The summed E-state index contributed by atoms with van der Waals surface area (Å²) >= 11 is 6.06. The smallest absolute Gasteiger partial charge is 0.120 e. The van der Waals surface area contributed by atoms with Gasteiger partial charge < -0.3 is 10.1 Å². The Bertz CT molecular complexity index is 452. The molecule has 0 saturated heterocycles. The Hall–Kier alpha value is -0.730. The predicted octanol–water partition coefficient (Wildman–Crippen LogP) is 4.09. The largest absolute Gasteiger partial charge is 0.487 e. The fourth-order valence-electron chi connectivity index (χ4n) is 2.70. The highest BCUT2D eigenvalue weighted by atomic mass is 35.5. The van der Waals surface area contributed by atoms with Crippen LogP contribution in [0.1, 0.15) is 44.1 Å². The monoisotopic (exact) mass is 279 g/mol. The van der Waals surface area contributed by atoms with E-state index in [0.717, 1.165) is 35.3 Å². The van der Waals surface area contributed by atoms with E-state index in [-0.39, 0.29) is 5.60 Å². The Labute approximate surface area is 120 Å². The fourth-order valence-corrected chi connectivity index (χ4v) is 2.81. The van der Waals surface area contributed by atoms with Crippen molar-refractivity contribution in [1.29, 1.82) is 0 Å². The zero-order valence-corrected chi connectivity index (χ0v) is 12.3. The van der Waals surface area contributed by atoms with Crippen LogP contribution >= 0.6 is 11.6 Å². The lowest BCUT2D eigenvalue weighted by Gasteiger charge is -2.42. The molecule has 3 heteroatoms. The number of benzene rings is 1. The van der Waals surface area contributed by atoms with Crippen LogP contribution in [-0.2, 0) is 0 Å². The molecule has 0 amide bonds. The van der Waals surface area contributed by atoms with Crippen molar-refractivity contribution >= 4 is 11.6 Å². The Morgan fingerprint density at radius 1 is 1.37 bits per heavy atom. The first kappa shape index (κ1) is 13.3. The lowest BCUT2D eigenvalue weighted by molar-refractivity contribution is -0.0143. The van der Waals surface area contributed by atoms with Crippen LogP contribution < -0.4 is 10.1 Å². The lowest BCUT2D eigenvalue weighted by atomic mass is 9.77. The molecule has 0 bridgehead atoms. The van der Waals surface area contributed by atoms with Gasteiger partial charge in [0.2, 0.25) is 0 Å². The van der Waals surface area contributed by atoms with Crippen molar-refractivity contribution < 1.29 is 4.74 Å². The predicted molar refractivity (Wildman–Crippen MR) is 79.0 cm³/mol. The SMILES string of the molecule is Cc1cc(OC2(CCNC3CC3)CCC2)ccc1Cl. The maximum Gasteiger partial charge on any atom is 0.120 e. The van der Waals surface area contributed by atoms with Gasteiger partial charge in [-0.05, 0) is 75.8 Å². The molecule has 3 rings (SSSR count). The van der Waals surface area contributed by atoms with Crippen molar-refractivity contribution in [1.82, 2.24) is 5.32 Å². The number of nitrogens with one attached hydrogen (secondary N) is 1. The van der Waals surface area contributed by atoms with Crippen molar-refractivity contribution in [2.75, 3.05) is 6.54 Å². The number of hydrogen-bond acceptors (Lipinski definition) is 2. The van der Waals surface area contributed by atoms with Crippen molar-refractivity contribution in [2.24, 2.45) is 0 Å². The summed E-state index contributed by atoms with van der Waals surface area (Å²) in [6, 6.07) is 6.76. The zero-order valence-electron chi connectivity index (χ0n) is 11.5. The summed E-state index contributed by atoms with van der Waals surface area (Å²) in [6.45, 7) is 3.11. The van der Waals surface area contributed by atoms with Crippen LogP contribution in [0.5, 0.6) is 5.75 Å². The number of rotatable bonds is 6. The van der Waals surface area contributed by atoms with Gasteiger partial charge in [-0.2, -0.15) is 0 Å². The fraction of sp³-hybridized carbons (Fsp3) is 0.625. The molecule has 1 N–H and O–H groups in total. The highest BCUT2D eigenvalue weighted by Crippen LogP contribution is 2.40. The third-order valence-corrected chi connectivity index (χ3v) is 4.74. The summed E-state index contributed by atoms with van der Waals surface area (Å²) in [5.41, 5.74) is 1.16. The third kappa shape index (κ3) is 3.24. The molecule has 0 heterocycles. The number of aryl methyl sites for hydroxylation is 1. The highest BCUT2D eigenvalue weighted by Gasteiger charge is 2.39. The Morgan fingerprint density at radius 2 is 2.16 bits per heavy atom. The average molecular weight is 280 g/mol. The quantitative estimate of drug-likeness (QED) is 0.847. The molecule has 0 atom stereocenters. The van der Waals surface area contributed by atoms with Crippen LogP contribution in [0.25, 0.3) is 0 Å². The van der Waals surface area contributed by atoms with Crippen molar-refractivity contribution in [3.05, 3.63) is 28.8 Å². The maximum absolute atomic E-state index is 6.28. The van der Waals surface area contributed by atoms with E-state index in [1.54, 1.807) is 0 Å². The molecule has 19 heavy (non-hydrogen) atoms. The second-order valence-corrected chi connectivity index (χ2v) is 6.44. The summed E-state index contributed by atoms with van der Waals surface area (Å²) in [5.74, 6) is 0.966. The number of hydrogen-bond donors (Lipinski definition) is 1. The number of halogens is 1. The minimum Gasteiger partial charge on any atom is -0.487 e. The zero-order chi connectivity index (χ0) is 13.3. The summed E-state index contributed by atoms with van der Waals surface area (Å²) < 4.78 is 6.28. The molecule has 0 unspecified atom stereocenters. The molecule has 0 spiro atoms. The van der Waals surface area contributed by atoms with Crippen molar-refractivity contribution in [2.45, 2.75) is 57.1 Å². The molecule has 2 aliphatic rings. The standard InChI is InChI=1S/C16H22ClNO/c1-12-11-14(5-6-15(12)17)19-16(7-2-8-16)9-10-18-13-3-4-13/h5-6,11,13,18H,2-4,7-10H2,1H3. The first-order valence-corrected chi connectivity index (χ1v) is 7.73. The second kappa shape index (κ2) is 5.34.